The zero-order valence-corrected chi connectivity index (χ0v) is 13.1. The van der Waals surface area contributed by atoms with E-state index < -0.39 is 0 Å². The SMILES string of the molecule is C=Cc1cc(C)ccc1C(=C)NC(CCC)C(C)CN. The number of benzene rings is 1. The van der Waals surface area contributed by atoms with Crippen molar-refractivity contribution in [2.45, 2.75) is 39.7 Å². The van der Waals surface area contributed by atoms with Gasteiger partial charge in [0, 0.05) is 17.3 Å². The highest BCUT2D eigenvalue weighted by molar-refractivity contribution is 5.72. The molecule has 20 heavy (non-hydrogen) atoms. The van der Waals surface area contributed by atoms with Gasteiger partial charge in [-0.3, -0.25) is 0 Å². The minimum Gasteiger partial charge on any atom is -0.382 e. The van der Waals surface area contributed by atoms with Crippen molar-refractivity contribution in [3.63, 3.8) is 0 Å². The molecule has 0 aliphatic rings. The van der Waals surface area contributed by atoms with Crippen LogP contribution in [0.25, 0.3) is 11.8 Å². The summed E-state index contributed by atoms with van der Waals surface area (Å²) < 4.78 is 0. The molecule has 0 bridgehead atoms. The molecule has 0 spiro atoms. The number of nitrogens with two attached hydrogens (primary N) is 1. The maximum absolute atomic E-state index is 5.81. The zero-order chi connectivity index (χ0) is 15.1. The number of rotatable bonds is 8. The molecule has 2 heteroatoms. The molecule has 0 amide bonds. The Kier molecular flexibility index (Phi) is 6.53. The van der Waals surface area contributed by atoms with Gasteiger partial charge < -0.3 is 11.1 Å². The summed E-state index contributed by atoms with van der Waals surface area (Å²) in [6, 6.07) is 6.72. The van der Waals surface area contributed by atoms with Gasteiger partial charge in [-0.1, -0.05) is 63.3 Å². The van der Waals surface area contributed by atoms with Crippen molar-refractivity contribution >= 4 is 11.8 Å². The van der Waals surface area contributed by atoms with Crippen LogP contribution >= 0.6 is 0 Å². The van der Waals surface area contributed by atoms with Gasteiger partial charge in [-0.05, 0) is 31.4 Å². The van der Waals surface area contributed by atoms with Gasteiger partial charge in [-0.25, -0.2) is 0 Å². The molecule has 1 aromatic carbocycles. The highest BCUT2D eigenvalue weighted by atomic mass is 14.9. The second kappa shape index (κ2) is 7.91. The van der Waals surface area contributed by atoms with Crippen LogP contribution in [0.2, 0.25) is 0 Å². The van der Waals surface area contributed by atoms with E-state index in [-0.39, 0.29) is 0 Å². The molecular formula is C18H28N2. The highest BCUT2D eigenvalue weighted by Gasteiger charge is 2.16. The molecule has 0 aromatic heterocycles. The van der Waals surface area contributed by atoms with Crippen molar-refractivity contribution < 1.29 is 0 Å². The molecule has 0 saturated carbocycles. The Hall–Kier alpha value is -1.54. The summed E-state index contributed by atoms with van der Waals surface area (Å²) >= 11 is 0. The molecule has 0 aliphatic carbocycles. The van der Waals surface area contributed by atoms with E-state index in [1.165, 1.54) is 5.56 Å². The Morgan fingerprint density at radius 3 is 2.70 bits per heavy atom. The summed E-state index contributed by atoms with van der Waals surface area (Å²) in [7, 11) is 0. The van der Waals surface area contributed by atoms with E-state index in [1.807, 2.05) is 6.08 Å². The molecule has 0 heterocycles. The fourth-order valence-corrected chi connectivity index (χ4v) is 2.40. The molecular weight excluding hydrogens is 244 g/mol. The molecule has 0 fully saturated rings. The Bertz CT molecular complexity index is 462. The van der Waals surface area contributed by atoms with Crippen LogP contribution < -0.4 is 11.1 Å². The van der Waals surface area contributed by atoms with Gasteiger partial charge in [-0.2, -0.15) is 0 Å². The Labute approximate surface area is 123 Å². The Balaban J connectivity index is 2.91. The van der Waals surface area contributed by atoms with Gasteiger partial charge in [0.15, 0.2) is 0 Å². The molecule has 1 rings (SSSR count). The quantitative estimate of drug-likeness (QED) is 0.751. The van der Waals surface area contributed by atoms with E-state index in [0.29, 0.717) is 18.5 Å². The number of aryl methyl sites for hydroxylation is 1. The average molecular weight is 272 g/mol. The Morgan fingerprint density at radius 2 is 2.15 bits per heavy atom. The Morgan fingerprint density at radius 1 is 1.45 bits per heavy atom. The maximum atomic E-state index is 5.81. The van der Waals surface area contributed by atoms with Crippen LogP contribution in [-0.2, 0) is 0 Å². The molecule has 2 nitrogen and oxygen atoms in total. The lowest BCUT2D eigenvalue weighted by Crippen LogP contribution is -2.37. The summed E-state index contributed by atoms with van der Waals surface area (Å²) in [4.78, 5) is 0. The lowest BCUT2D eigenvalue weighted by atomic mass is 9.95. The lowest BCUT2D eigenvalue weighted by molar-refractivity contribution is 0.398. The van der Waals surface area contributed by atoms with Crippen LogP contribution in [0.1, 0.15) is 43.4 Å². The smallest absolute Gasteiger partial charge is 0.0349 e. The minimum absolute atomic E-state index is 0.372. The van der Waals surface area contributed by atoms with Crippen molar-refractivity contribution in [3.8, 4) is 0 Å². The summed E-state index contributed by atoms with van der Waals surface area (Å²) in [5, 5.41) is 3.56. The minimum atomic E-state index is 0.372. The maximum Gasteiger partial charge on any atom is 0.0349 e. The third-order valence-electron chi connectivity index (χ3n) is 3.77. The van der Waals surface area contributed by atoms with Gasteiger partial charge in [-0.15, -0.1) is 0 Å². The van der Waals surface area contributed by atoms with Gasteiger partial charge >= 0.3 is 0 Å². The van der Waals surface area contributed by atoms with Crippen molar-refractivity contribution in [3.05, 3.63) is 48.0 Å². The summed E-state index contributed by atoms with van der Waals surface area (Å²) in [5.41, 5.74) is 10.2. The van der Waals surface area contributed by atoms with Gasteiger partial charge in [0.1, 0.15) is 0 Å². The van der Waals surface area contributed by atoms with Crippen LogP contribution in [0.4, 0.5) is 0 Å². The molecule has 0 aliphatic heterocycles. The number of hydrogen-bond donors (Lipinski definition) is 2. The van der Waals surface area contributed by atoms with Crippen molar-refractivity contribution in [2.24, 2.45) is 11.7 Å². The molecule has 0 saturated heterocycles. The third kappa shape index (κ3) is 4.24. The first-order valence-electron chi connectivity index (χ1n) is 7.42. The molecule has 1 aromatic rings. The zero-order valence-electron chi connectivity index (χ0n) is 13.1. The summed E-state index contributed by atoms with van der Waals surface area (Å²) in [5.74, 6) is 0.435. The van der Waals surface area contributed by atoms with Crippen LogP contribution in [0.15, 0.2) is 31.4 Å². The standard InChI is InChI=1S/C18H28N2/c1-6-8-18(14(4)12-19)20-15(5)17-10-9-13(3)11-16(17)7-2/h7,9-11,14,18,20H,2,5-6,8,12,19H2,1,3-4H3. The number of hydrogen-bond acceptors (Lipinski definition) is 2. The predicted octanol–water partition coefficient (Wildman–Crippen LogP) is 3.96. The first-order chi connectivity index (χ1) is 9.53. The van der Waals surface area contributed by atoms with Gasteiger partial charge in [0.2, 0.25) is 0 Å². The molecule has 3 N–H and O–H groups in total. The van der Waals surface area contributed by atoms with Crippen LogP contribution in [0, 0.1) is 12.8 Å². The average Bonchev–Trinajstić information content (AvgIpc) is 2.45. The third-order valence-corrected chi connectivity index (χ3v) is 3.77. The van der Waals surface area contributed by atoms with Crippen molar-refractivity contribution in [2.75, 3.05) is 6.54 Å². The fourth-order valence-electron chi connectivity index (χ4n) is 2.40. The van der Waals surface area contributed by atoms with Crippen molar-refractivity contribution in [1.82, 2.24) is 5.32 Å². The first kappa shape index (κ1) is 16.5. The highest BCUT2D eigenvalue weighted by Crippen LogP contribution is 2.21. The summed E-state index contributed by atoms with van der Waals surface area (Å²) in [6.45, 7) is 15.3. The second-order valence-corrected chi connectivity index (χ2v) is 5.53. The lowest BCUT2D eigenvalue weighted by Gasteiger charge is -2.26. The monoisotopic (exact) mass is 272 g/mol. The molecule has 110 valence electrons. The van der Waals surface area contributed by atoms with Crippen LogP contribution in [0.5, 0.6) is 0 Å². The normalized spacial score (nSPS) is 13.6. The van der Waals surface area contributed by atoms with E-state index in [2.05, 4.69) is 57.4 Å². The first-order valence-corrected chi connectivity index (χ1v) is 7.42. The van der Waals surface area contributed by atoms with Gasteiger partial charge in [0.25, 0.3) is 0 Å². The fraction of sp³-hybridized carbons (Fsp3) is 0.444. The molecule has 0 radical (unpaired) electrons. The van der Waals surface area contributed by atoms with E-state index in [0.717, 1.165) is 29.7 Å². The van der Waals surface area contributed by atoms with Gasteiger partial charge in [0.05, 0.1) is 0 Å². The van der Waals surface area contributed by atoms with E-state index in [9.17, 15) is 0 Å². The molecule has 2 unspecified atom stereocenters. The van der Waals surface area contributed by atoms with Crippen LogP contribution in [-0.4, -0.2) is 12.6 Å². The van der Waals surface area contributed by atoms with Crippen LogP contribution in [0.3, 0.4) is 0 Å². The molecule has 2 atom stereocenters. The predicted molar refractivity (Wildman–Crippen MR) is 90.4 cm³/mol. The number of nitrogens with one attached hydrogen (secondary N) is 1. The largest absolute Gasteiger partial charge is 0.382 e. The summed E-state index contributed by atoms with van der Waals surface area (Å²) in [6.07, 6.45) is 4.13. The second-order valence-electron chi connectivity index (χ2n) is 5.53. The van der Waals surface area contributed by atoms with E-state index in [1.54, 1.807) is 0 Å². The van der Waals surface area contributed by atoms with E-state index >= 15 is 0 Å². The van der Waals surface area contributed by atoms with E-state index in [4.69, 9.17) is 5.73 Å². The topological polar surface area (TPSA) is 38.0 Å². The van der Waals surface area contributed by atoms with Crippen molar-refractivity contribution in [1.29, 1.82) is 0 Å².